The van der Waals surface area contributed by atoms with E-state index in [2.05, 4.69) is 4.65 Å². The molecule has 0 amide bonds. The van der Waals surface area contributed by atoms with Crippen LogP contribution in [-0.4, -0.2) is 24.0 Å². The fraction of sp³-hybridized carbons (Fsp3) is 0.333. The highest BCUT2D eigenvalue weighted by Gasteiger charge is 2.06. The fourth-order valence-electron chi connectivity index (χ4n) is 1.11. The topological polar surface area (TPSA) is 49.7 Å². The molecule has 2 N–H and O–H groups in total. The normalized spacial score (nSPS) is 10.0. The molecule has 4 heteroatoms. The summed E-state index contributed by atoms with van der Waals surface area (Å²) in [6, 6.07) is 10.0. The number of hydrogen-bond acceptors (Lipinski definition) is 3. The Hall–Kier alpha value is -0.835. The Morgan fingerprint density at radius 1 is 1.15 bits per heavy atom. The van der Waals surface area contributed by atoms with E-state index in [4.69, 9.17) is 10.0 Å². The van der Waals surface area contributed by atoms with Crippen molar-refractivity contribution in [1.29, 1.82) is 0 Å². The largest absolute Gasteiger partial charge is 0.633 e. The molecule has 13 heavy (non-hydrogen) atoms. The first kappa shape index (κ1) is 10.2. The van der Waals surface area contributed by atoms with Crippen LogP contribution in [0.2, 0.25) is 0 Å². The Balaban J connectivity index is 2.13. The zero-order valence-electron chi connectivity index (χ0n) is 7.39. The minimum atomic E-state index is -1.64. The summed E-state index contributed by atoms with van der Waals surface area (Å²) in [5.74, 6) is 0. The molecule has 0 bridgehead atoms. The van der Waals surface area contributed by atoms with Crippen molar-refractivity contribution in [3.8, 4) is 0 Å². The molecule has 70 valence electrons. The number of rotatable bonds is 5. The smallest absolute Gasteiger partial charge is 0.402 e. The van der Waals surface area contributed by atoms with Crippen molar-refractivity contribution < 1.29 is 14.7 Å². The predicted molar refractivity (Wildman–Crippen MR) is 50.9 cm³/mol. The zero-order valence-corrected chi connectivity index (χ0v) is 7.39. The highest BCUT2D eigenvalue weighted by Crippen LogP contribution is 2.02. The molecule has 0 aliphatic rings. The summed E-state index contributed by atoms with van der Waals surface area (Å²) in [5, 5.41) is 16.8. The lowest BCUT2D eigenvalue weighted by Crippen LogP contribution is -2.17. The standard InChI is InChI=1S/C9H13BO3/c11-10(12)13-8-4-7-9-5-2-1-3-6-9/h1-3,5-6,11-12H,4,7-8H2. The van der Waals surface area contributed by atoms with Crippen LogP contribution in [0.5, 0.6) is 0 Å². The minimum Gasteiger partial charge on any atom is -0.402 e. The van der Waals surface area contributed by atoms with Gasteiger partial charge in [0.25, 0.3) is 0 Å². The first-order valence-electron chi connectivity index (χ1n) is 4.31. The SMILES string of the molecule is OB(O)OCCCc1ccccc1. The van der Waals surface area contributed by atoms with Gasteiger partial charge in [0.15, 0.2) is 0 Å². The highest BCUT2D eigenvalue weighted by molar-refractivity contribution is 6.32. The Morgan fingerprint density at radius 2 is 1.85 bits per heavy atom. The van der Waals surface area contributed by atoms with Crippen LogP contribution in [0.15, 0.2) is 30.3 Å². The van der Waals surface area contributed by atoms with Crippen LogP contribution in [0.4, 0.5) is 0 Å². The molecule has 0 saturated carbocycles. The fourth-order valence-corrected chi connectivity index (χ4v) is 1.11. The summed E-state index contributed by atoms with van der Waals surface area (Å²) in [7, 11) is -1.64. The summed E-state index contributed by atoms with van der Waals surface area (Å²) in [6.45, 7) is 0.368. The molecule has 3 nitrogen and oxygen atoms in total. The molecule has 0 radical (unpaired) electrons. The predicted octanol–water partition coefficient (Wildman–Crippen LogP) is 0.605. The van der Waals surface area contributed by atoms with Crippen LogP contribution in [0.3, 0.4) is 0 Å². The molecule has 0 unspecified atom stereocenters. The van der Waals surface area contributed by atoms with E-state index in [0.29, 0.717) is 6.61 Å². The van der Waals surface area contributed by atoms with Gasteiger partial charge in [-0.05, 0) is 18.4 Å². The van der Waals surface area contributed by atoms with Crippen molar-refractivity contribution in [3.05, 3.63) is 35.9 Å². The van der Waals surface area contributed by atoms with E-state index in [-0.39, 0.29) is 0 Å². The van der Waals surface area contributed by atoms with Crippen LogP contribution in [0.25, 0.3) is 0 Å². The summed E-state index contributed by atoms with van der Waals surface area (Å²) < 4.78 is 4.57. The Labute approximate surface area is 78.2 Å². The average molecular weight is 180 g/mol. The monoisotopic (exact) mass is 180 g/mol. The van der Waals surface area contributed by atoms with Gasteiger partial charge in [-0.1, -0.05) is 30.3 Å². The van der Waals surface area contributed by atoms with Gasteiger partial charge in [0.1, 0.15) is 0 Å². The van der Waals surface area contributed by atoms with Gasteiger partial charge in [0.2, 0.25) is 0 Å². The van der Waals surface area contributed by atoms with Gasteiger partial charge in [0.05, 0.1) is 0 Å². The molecule has 0 aliphatic carbocycles. The van der Waals surface area contributed by atoms with Crippen molar-refractivity contribution in [1.82, 2.24) is 0 Å². The van der Waals surface area contributed by atoms with Crippen molar-refractivity contribution >= 4 is 7.32 Å². The number of benzene rings is 1. The maximum absolute atomic E-state index is 8.38. The first-order chi connectivity index (χ1) is 6.29. The third kappa shape index (κ3) is 4.67. The number of aryl methyl sites for hydroxylation is 1. The maximum Gasteiger partial charge on any atom is 0.633 e. The average Bonchev–Trinajstić information content (AvgIpc) is 2.14. The van der Waals surface area contributed by atoms with E-state index in [9.17, 15) is 0 Å². The van der Waals surface area contributed by atoms with Gasteiger partial charge >= 0.3 is 7.32 Å². The van der Waals surface area contributed by atoms with Gasteiger partial charge in [-0.25, -0.2) is 0 Å². The molecule has 1 aromatic rings. The van der Waals surface area contributed by atoms with Gasteiger partial charge in [0, 0.05) is 6.61 Å². The second kappa shape index (κ2) is 5.75. The molecule has 0 atom stereocenters. The molecular weight excluding hydrogens is 167 g/mol. The summed E-state index contributed by atoms with van der Waals surface area (Å²) >= 11 is 0. The summed E-state index contributed by atoms with van der Waals surface area (Å²) in [6.07, 6.45) is 1.69. The van der Waals surface area contributed by atoms with Crippen LogP contribution >= 0.6 is 0 Å². The van der Waals surface area contributed by atoms with E-state index < -0.39 is 7.32 Å². The molecule has 0 saturated heterocycles. The van der Waals surface area contributed by atoms with Crippen molar-refractivity contribution in [2.45, 2.75) is 12.8 Å². The molecule has 0 spiro atoms. The van der Waals surface area contributed by atoms with E-state index in [0.717, 1.165) is 12.8 Å². The third-order valence-corrected chi connectivity index (χ3v) is 1.72. The quantitative estimate of drug-likeness (QED) is 0.515. The van der Waals surface area contributed by atoms with E-state index in [1.807, 2.05) is 30.3 Å². The van der Waals surface area contributed by atoms with Gasteiger partial charge in [-0.2, -0.15) is 0 Å². The molecule has 0 fully saturated rings. The maximum atomic E-state index is 8.38. The molecule has 0 aromatic heterocycles. The first-order valence-corrected chi connectivity index (χ1v) is 4.31. The summed E-state index contributed by atoms with van der Waals surface area (Å²) in [4.78, 5) is 0. The molecule has 1 rings (SSSR count). The van der Waals surface area contributed by atoms with Crippen molar-refractivity contribution in [2.75, 3.05) is 6.61 Å². The third-order valence-electron chi connectivity index (χ3n) is 1.72. The van der Waals surface area contributed by atoms with Crippen LogP contribution in [0, 0.1) is 0 Å². The molecule has 1 aromatic carbocycles. The van der Waals surface area contributed by atoms with Gasteiger partial charge in [-0.3, -0.25) is 0 Å². The minimum absolute atomic E-state index is 0.368. The van der Waals surface area contributed by atoms with Crippen molar-refractivity contribution in [3.63, 3.8) is 0 Å². The Kier molecular flexibility index (Phi) is 4.53. The van der Waals surface area contributed by atoms with Crippen LogP contribution in [0.1, 0.15) is 12.0 Å². The van der Waals surface area contributed by atoms with Gasteiger partial charge < -0.3 is 14.7 Å². The molecular formula is C9H13BO3. The van der Waals surface area contributed by atoms with Crippen molar-refractivity contribution in [2.24, 2.45) is 0 Å². The van der Waals surface area contributed by atoms with Crippen LogP contribution < -0.4 is 0 Å². The van der Waals surface area contributed by atoms with E-state index in [1.165, 1.54) is 5.56 Å². The van der Waals surface area contributed by atoms with E-state index >= 15 is 0 Å². The van der Waals surface area contributed by atoms with Gasteiger partial charge in [-0.15, -0.1) is 0 Å². The second-order valence-electron chi connectivity index (χ2n) is 2.79. The highest BCUT2D eigenvalue weighted by atomic mass is 16.6. The number of hydrogen-bond donors (Lipinski definition) is 2. The lowest BCUT2D eigenvalue weighted by atomic mass is 10.1. The van der Waals surface area contributed by atoms with E-state index in [1.54, 1.807) is 0 Å². The van der Waals surface area contributed by atoms with Crippen LogP contribution in [-0.2, 0) is 11.1 Å². The summed E-state index contributed by atoms with van der Waals surface area (Å²) in [5.41, 5.74) is 1.23. The zero-order chi connectivity index (χ0) is 9.52. The second-order valence-corrected chi connectivity index (χ2v) is 2.79. The molecule has 0 heterocycles. The lowest BCUT2D eigenvalue weighted by molar-refractivity contribution is 0.184. The lowest BCUT2D eigenvalue weighted by Gasteiger charge is -2.02. The Morgan fingerprint density at radius 3 is 2.46 bits per heavy atom. The molecule has 0 aliphatic heterocycles. The Bertz CT molecular complexity index is 226.